The molecule has 3 aromatic rings. The Bertz CT molecular complexity index is 989. The molecule has 0 spiro atoms. The highest BCUT2D eigenvalue weighted by Gasteiger charge is 2.16. The number of amides is 1. The maximum atomic E-state index is 12.7. The van der Waals surface area contributed by atoms with Crippen molar-refractivity contribution in [2.45, 2.75) is 19.4 Å². The van der Waals surface area contributed by atoms with Crippen molar-refractivity contribution in [1.82, 2.24) is 19.9 Å². The van der Waals surface area contributed by atoms with E-state index < -0.39 is 0 Å². The Morgan fingerprint density at radius 2 is 1.96 bits per heavy atom. The van der Waals surface area contributed by atoms with Crippen LogP contribution in [0.25, 0.3) is 5.69 Å². The molecule has 0 aliphatic carbocycles. The lowest BCUT2D eigenvalue weighted by Crippen LogP contribution is -2.25. The summed E-state index contributed by atoms with van der Waals surface area (Å²) in [5.41, 5.74) is 2.37. The molecule has 1 aliphatic heterocycles. The number of anilines is 1. The van der Waals surface area contributed by atoms with Gasteiger partial charge in [-0.25, -0.2) is 4.98 Å². The summed E-state index contributed by atoms with van der Waals surface area (Å²) in [6, 6.07) is 13.6. The van der Waals surface area contributed by atoms with Crippen molar-refractivity contribution in [2.75, 3.05) is 18.0 Å². The Hall–Kier alpha value is -2.93. The Kier molecular flexibility index (Phi) is 5.02. The van der Waals surface area contributed by atoms with E-state index in [-0.39, 0.29) is 5.91 Å². The number of carbonyl (C=O) groups excluding carboxylic acids is 1. The standard InChI is InChI=1S/C20H21N5OS/c26-19(17-14-23-20(27)25(17)16-6-2-1-3-7-16)22-13-15-8-9-21-18(12-15)24-10-4-5-11-24/h1-3,6-9,12,14H,4-5,10-11,13H2,(H,22,26)(H,23,27). The van der Waals surface area contributed by atoms with E-state index in [1.165, 1.54) is 12.8 Å². The highest BCUT2D eigenvalue weighted by Crippen LogP contribution is 2.18. The van der Waals surface area contributed by atoms with Crippen molar-refractivity contribution in [2.24, 2.45) is 0 Å². The zero-order chi connectivity index (χ0) is 18.6. The predicted molar refractivity (Wildman–Crippen MR) is 108 cm³/mol. The minimum Gasteiger partial charge on any atom is -0.357 e. The van der Waals surface area contributed by atoms with Gasteiger partial charge in [0, 0.05) is 37.7 Å². The molecule has 1 aromatic carbocycles. The number of para-hydroxylation sites is 1. The van der Waals surface area contributed by atoms with E-state index in [1.807, 2.05) is 42.5 Å². The Labute approximate surface area is 162 Å². The maximum absolute atomic E-state index is 12.7. The van der Waals surface area contributed by atoms with E-state index in [9.17, 15) is 4.79 Å². The molecule has 0 bridgehead atoms. The fourth-order valence-electron chi connectivity index (χ4n) is 3.33. The quantitative estimate of drug-likeness (QED) is 0.667. The van der Waals surface area contributed by atoms with Crippen molar-refractivity contribution in [3.05, 3.63) is 70.9 Å². The highest BCUT2D eigenvalue weighted by molar-refractivity contribution is 7.71. The summed E-state index contributed by atoms with van der Waals surface area (Å²) in [7, 11) is 0. The average molecular weight is 379 g/mol. The first-order chi connectivity index (χ1) is 13.2. The molecule has 0 atom stereocenters. The predicted octanol–water partition coefficient (Wildman–Crippen LogP) is 3.46. The fraction of sp³-hybridized carbons (Fsp3) is 0.250. The molecule has 2 aromatic heterocycles. The molecule has 3 heterocycles. The normalized spacial score (nSPS) is 13.7. The first-order valence-corrected chi connectivity index (χ1v) is 9.47. The highest BCUT2D eigenvalue weighted by atomic mass is 32.1. The largest absolute Gasteiger partial charge is 0.357 e. The number of carbonyl (C=O) groups is 1. The van der Waals surface area contributed by atoms with E-state index in [0.29, 0.717) is 17.0 Å². The lowest BCUT2D eigenvalue weighted by atomic mass is 10.2. The van der Waals surface area contributed by atoms with Crippen molar-refractivity contribution >= 4 is 23.9 Å². The SMILES string of the molecule is O=C(NCc1ccnc(N2CCCC2)c1)c1c[nH]c(=S)n1-c1ccccc1. The second kappa shape index (κ2) is 7.75. The number of rotatable bonds is 5. The van der Waals surface area contributed by atoms with Gasteiger partial charge in [-0.2, -0.15) is 0 Å². The Morgan fingerprint density at radius 1 is 1.19 bits per heavy atom. The Morgan fingerprint density at radius 3 is 2.74 bits per heavy atom. The van der Waals surface area contributed by atoms with Gasteiger partial charge in [-0.3, -0.25) is 9.36 Å². The second-order valence-electron chi connectivity index (χ2n) is 6.55. The molecule has 0 unspecified atom stereocenters. The average Bonchev–Trinajstić information content (AvgIpc) is 3.37. The van der Waals surface area contributed by atoms with Crippen LogP contribution < -0.4 is 10.2 Å². The summed E-state index contributed by atoms with van der Waals surface area (Å²) in [5, 5.41) is 2.98. The molecule has 1 amide bonds. The smallest absolute Gasteiger partial charge is 0.270 e. The van der Waals surface area contributed by atoms with Crippen LogP contribution in [0.1, 0.15) is 28.9 Å². The number of aromatic amines is 1. The number of H-pyrrole nitrogens is 1. The second-order valence-corrected chi connectivity index (χ2v) is 6.94. The van der Waals surface area contributed by atoms with Crippen molar-refractivity contribution in [1.29, 1.82) is 0 Å². The summed E-state index contributed by atoms with van der Waals surface area (Å²) in [4.78, 5) is 22.4. The van der Waals surface area contributed by atoms with Crippen LogP contribution in [0.5, 0.6) is 0 Å². The van der Waals surface area contributed by atoms with Gasteiger partial charge in [-0.1, -0.05) is 18.2 Å². The number of aromatic nitrogens is 3. The molecule has 1 saturated heterocycles. The van der Waals surface area contributed by atoms with Crippen LogP contribution >= 0.6 is 12.2 Å². The number of imidazole rings is 1. The monoisotopic (exact) mass is 379 g/mol. The summed E-state index contributed by atoms with van der Waals surface area (Å²) in [6.07, 6.45) is 5.86. The Balaban J connectivity index is 1.49. The van der Waals surface area contributed by atoms with Crippen molar-refractivity contribution in [3.63, 3.8) is 0 Å². The van der Waals surface area contributed by atoms with Gasteiger partial charge < -0.3 is 15.2 Å². The van der Waals surface area contributed by atoms with Gasteiger partial charge in [0.1, 0.15) is 11.5 Å². The molecule has 138 valence electrons. The summed E-state index contributed by atoms with van der Waals surface area (Å²) in [6.45, 7) is 2.53. The lowest BCUT2D eigenvalue weighted by molar-refractivity contribution is 0.0944. The maximum Gasteiger partial charge on any atom is 0.270 e. The van der Waals surface area contributed by atoms with Gasteiger partial charge >= 0.3 is 0 Å². The first kappa shape index (κ1) is 17.5. The zero-order valence-corrected chi connectivity index (χ0v) is 15.7. The topological polar surface area (TPSA) is 66.0 Å². The van der Waals surface area contributed by atoms with Crippen LogP contribution in [0.15, 0.2) is 54.9 Å². The van der Waals surface area contributed by atoms with Gasteiger partial charge in [0.25, 0.3) is 5.91 Å². The van der Waals surface area contributed by atoms with E-state index in [1.54, 1.807) is 17.0 Å². The van der Waals surface area contributed by atoms with Gasteiger partial charge in [0.2, 0.25) is 0 Å². The van der Waals surface area contributed by atoms with Crippen molar-refractivity contribution < 1.29 is 4.79 Å². The van der Waals surface area contributed by atoms with Crippen LogP contribution in [0, 0.1) is 4.77 Å². The third-order valence-corrected chi connectivity index (χ3v) is 5.02. The molecular formula is C20H21N5OS. The molecule has 6 nitrogen and oxygen atoms in total. The van der Waals surface area contributed by atoms with Gasteiger partial charge in [-0.05, 0) is 54.9 Å². The lowest BCUT2D eigenvalue weighted by Gasteiger charge is -2.17. The van der Waals surface area contributed by atoms with Crippen LogP contribution in [0.4, 0.5) is 5.82 Å². The number of pyridine rings is 1. The van der Waals surface area contributed by atoms with Crippen LogP contribution in [0.2, 0.25) is 0 Å². The van der Waals surface area contributed by atoms with E-state index in [0.717, 1.165) is 30.2 Å². The van der Waals surface area contributed by atoms with Gasteiger partial charge in [0.05, 0.1) is 0 Å². The van der Waals surface area contributed by atoms with Gasteiger partial charge in [0.15, 0.2) is 4.77 Å². The van der Waals surface area contributed by atoms with Crippen LogP contribution in [0.3, 0.4) is 0 Å². The number of benzene rings is 1. The summed E-state index contributed by atoms with van der Waals surface area (Å²) < 4.78 is 2.24. The molecule has 1 aliphatic rings. The van der Waals surface area contributed by atoms with Crippen molar-refractivity contribution in [3.8, 4) is 5.69 Å². The van der Waals surface area contributed by atoms with E-state index in [4.69, 9.17) is 12.2 Å². The zero-order valence-electron chi connectivity index (χ0n) is 14.9. The molecule has 2 N–H and O–H groups in total. The molecule has 0 radical (unpaired) electrons. The number of hydrogen-bond donors (Lipinski definition) is 2. The molecular weight excluding hydrogens is 358 g/mol. The third-order valence-electron chi connectivity index (χ3n) is 4.72. The van der Waals surface area contributed by atoms with E-state index >= 15 is 0 Å². The molecule has 27 heavy (non-hydrogen) atoms. The van der Waals surface area contributed by atoms with Crippen LogP contribution in [-0.2, 0) is 6.54 Å². The van der Waals surface area contributed by atoms with Gasteiger partial charge in [-0.15, -0.1) is 0 Å². The molecule has 7 heteroatoms. The van der Waals surface area contributed by atoms with E-state index in [2.05, 4.69) is 20.2 Å². The minimum atomic E-state index is -0.175. The first-order valence-electron chi connectivity index (χ1n) is 9.06. The molecule has 1 fully saturated rings. The minimum absolute atomic E-state index is 0.175. The molecule has 4 rings (SSSR count). The fourth-order valence-corrected chi connectivity index (χ4v) is 3.59. The summed E-state index contributed by atoms with van der Waals surface area (Å²) in [5.74, 6) is 0.804. The number of nitrogens with zero attached hydrogens (tertiary/aromatic N) is 3. The summed E-state index contributed by atoms with van der Waals surface area (Å²) >= 11 is 5.34. The number of nitrogens with one attached hydrogen (secondary N) is 2. The number of hydrogen-bond acceptors (Lipinski definition) is 4. The molecule has 0 saturated carbocycles. The third kappa shape index (κ3) is 3.78. The van der Waals surface area contributed by atoms with Crippen LogP contribution in [-0.4, -0.2) is 33.5 Å².